The second kappa shape index (κ2) is 4.53. The molecule has 2 amide bonds. The number of imide groups is 1. The standard InChI is InChI=1S/C12H13FN2O2/c13-8-5-6-10(9(14)7-8)15-11(16)3-1-2-4-12(15)17/h5-7H,1-4,14H2. The Bertz CT molecular complexity index is 456. The molecular weight excluding hydrogens is 223 g/mol. The first-order valence-corrected chi connectivity index (χ1v) is 5.50. The molecule has 0 aromatic heterocycles. The highest BCUT2D eigenvalue weighted by atomic mass is 19.1. The van der Waals surface area contributed by atoms with E-state index in [1.54, 1.807) is 0 Å². The number of nitrogens with two attached hydrogens (primary N) is 1. The molecule has 0 saturated carbocycles. The zero-order chi connectivity index (χ0) is 12.4. The number of halogens is 1. The SMILES string of the molecule is Nc1cc(F)ccc1N1C(=O)CCCCC1=O. The molecule has 4 nitrogen and oxygen atoms in total. The fourth-order valence-electron chi connectivity index (χ4n) is 1.91. The lowest BCUT2D eigenvalue weighted by Crippen LogP contribution is -2.35. The number of nitrogens with zero attached hydrogens (tertiary/aromatic N) is 1. The van der Waals surface area contributed by atoms with Gasteiger partial charge in [0.1, 0.15) is 5.82 Å². The number of nitrogen functional groups attached to an aromatic ring is 1. The van der Waals surface area contributed by atoms with Gasteiger partial charge in [0.05, 0.1) is 11.4 Å². The van der Waals surface area contributed by atoms with Gasteiger partial charge in [-0.1, -0.05) is 0 Å². The summed E-state index contributed by atoms with van der Waals surface area (Å²) in [4.78, 5) is 24.7. The van der Waals surface area contributed by atoms with E-state index in [1.165, 1.54) is 12.1 Å². The van der Waals surface area contributed by atoms with Gasteiger partial charge in [0.2, 0.25) is 11.8 Å². The van der Waals surface area contributed by atoms with Gasteiger partial charge in [0.25, 0.3) is 0 Å². The molecule has 1 aliphatic rings. The minimum absolute atomic E-state index is 0.105. The Kier molecular flexibility index (Phi) is 3.08. The molecule has 1 fully saturated rings. The van der Waals surface area contributed by atoms with Crippen LogP contribution in [0.3, 0.4) is 0 Å². The topological polar surface area (TPSA) is 63.4 Å². The lowest BCUT2D eigenvalue weighted by Gasteiger charge is -2.20. The van der Waals surface area contributed by atoms with Crippen LogP contribution in [0.1, 0.15) is 25.7 Å². The summed E-state index contributed by atoms with van der Waals surface area (Å²) in [6, 6.07) is 3.67. The molecule has 1 heterocycles. The van der Waals surface area contributed by atoms with E-state index in [0.29, 0.717) is 25.7 Å². The summed E-state index contributed by atoms with van der Waals surface area (Å²) in [6.45, 7) is 0. The van der Waals surface area contributed by atoms with E-state index < -0.39 is 5.82 Å². The smallest absolute Gasteiger partial charge is 0.233 e. The lowest BCUT2D eigenvalue weighted by atomic mass is 10.2. The molecule has 0 aliphatic carbocycles. The average molecular weight is 236 g/mol. The Morgan fingerprint density at radius 3 is 2.24 bits per heavy atom. The van der Waals surface area contributed by atoms with Crippen molar-refractivity contribution in [1.82, 2.24) is 0 Å². The number of anilines is 2. The maximum atomic E-state index is 12.9. The Morgan fingerprint density at radius 1 is 1.12 bits per heavy atom. The fraction of sp³-hybridized carbons (Fsp3) is 0.333. The van der Waals surface area contributed by atoms with Crippen molar-refractivity contribution >= 4 is 23.2 Å². The van der Waals surface area contributed by atoms with E-state index in [4.69, 9.17) is 5.73 Å². The minimum atomic E-state index is -0.485. The summed E-state index contributed by atoms with van der Waals surface area (Å²) < 4.78 is 12.9. The number of rotatable bonds is 1. The predicted molar refractivity (Wildman–Crippen MR) is 61.8 cm³/mol. The third-order valence-electron chi connectivity index (χ3n) is 2.76. The first-order chi connectivity index (χ1) is 8.09. The van der Waals surface area contributed by atoms with Crippen molar-refractivity contribution in [2.45, 2.75) is 25.7 Å². The van der Waals surface area contributed by atoms with Gasteiger partial charge in [-0.2, -0.15) is 0 Å². The van der Waals surface area contributed by atoms with Gasteiger partial charge in [-0.3, -0.25) is 9.59 Å². The summed E-state index contributed by atoms with van der Waals surface area (Å²) in [5.74, 6) is -1.03. The molecular formula is C12H13FN2O2. The van der Waals surface area contributed by atoms with Crippen LogP contribution in [0.5, 0.6) is 0 Å². The molecule has 90 valence electrons. The van der Waals surface area contributed by atoms with Crippen LogP contribution in [0.25, 0.3) is 0 Å². The second-order valence-electron chi connectivity index (χ2n) is 4.03. The average Bonchev–Trinajstić information content (AvgIpc) is 2.42. The Morgan fingerprint density at radius 2 is 1.71 bits per heavy atom. The van der Waals surface area contributed by atoms with Crippen LogP contribution in [-0.4, -0.2) is 11.8 Å². The molecule has 1 aromatic carbocycles. The Balaban J connectivity index is 2.41. The van der Waals surface area contributed by atoms with E-state index in [9.17, 15) is 14.0 Å². The molecule has 1 saturated heterocycles. The van der Waals surface area contributed by atoms with Crippen LogP contribution in [0.15, 0.2) is 18.2 Å². The number of benzene rings is 1. The van der Waals surface area contributed by atoms with E-state index >= 15 is 0 Å². The van der Waals surface area contributed by atoms with Crippen LogP contribution in [0.2, 0.25) is 0 Å². The van der Waals surface area contributed by atoms with E-state index in [1.807, 2.05) is 0 Å². The van der Waals surface area contributed by atoms with Crippen molar-refractivity contribution in [1.29, 1.82) is 0 Å². The first kappa shape index (κ1) is 11.6. The van der Waals surface area contributed by atoms with Gasteiger partial charge in [-0.15, -0.1) is 0 Å². The Hall–Kier alpha value is -1.91. The van der Waals surface area contributed by atoms with E-state index in [0.717, 1.165) is 11.0 Å². The van der Waals surface area contributed by atoms with Gasteiger partial charge >= 0.3 is 0 Å². The maximum absolute atomic E-state index is 12.9. The molecule has 0 spiro atoms. The summed E-state index contributed by atoms with van der Waals surface area (Å²) in [6.07, 6.45) is 2.04. The van der Waals surface area contributed by atoms with E-state index in [-0.39, 0.29) is 23.2 Å². The first-order valence-electron chi connectivity index (χ1n) is 5.50. The zero-order valence-electron chi connectivity index (χ0n) is 9.28. The number of carbonyl (C=O) groups is 2. The number of hydrogen-bond acceptors (Lipinski definition) is 3. The number of hydrogen-bond donors (Lipinski definition) is 1. The van der Waals surface area contributed by atoms with Crippen LogP contribution in [-0.2, 0) is 9.59 Å². The summed E-state index contributed by atoms with van der Waals surface area (Å²) in [5, 5.41) is 0. The molecule has 1 aromatic rings. The highest BCUT2D eigenvalue weighted by Crippen LogP contribution is 2.27. The van der Waals surface area contributed by atoms with Crippen molar-refractivity contribution in [3.8, 4) is 0 Å². The largest absolute Gasteiger partial charge is 0.397 e. The third kappa shape index (κ3) is 2.27. The molecule has 0 bridgehead atoms. The predicted octanol–water partition coefficient (Wildman–Crippen LogP) is 1.84. The molecule has 0 unspecified atom stereocenters. The van der Waals surface area contributed by atoms with E-state index in [2.05, 4.69) is 0 Å². The monoisotopic (exact) mass is 236 g/mol. The Labute approximate surface area is 98.2 Å². The van der Waals surface area contributed by atoms with Gasteiger partial charge in [0, 0.05) is 12.8 Å². The lowest BCUT2D eigenvalue weighted by molar-refractivity contribution is -0.125. The van der Waals surface area contributed by atoms with Crippen molar-refractivity contribution in [2.75, 3.05) is 10.6 Å². The number of amides is 2. The van der Waals surface area contributed by atoms with Crippen LogP contribution < -0.4 is 10.6 Å². The van der Waals surface area contributed by atoms with Gasteiger partial charge < -0.3 is 5.73 Å². The number of carbonyl (C=O) groups excluding carboxylic acids is 2. The van der Waals surface area contributed by atoms with Crippen molar-refractivity contribution in [3.63, 3.8) is 0 Å². The normalized spacial score (nSPS) is 17.1. The third-order valence-corrected chi connectivity index (χ3v) is 2.76. The quantitative estimate of drug-likeness (QED) is 0.597. The minimum Gasteiger partial charge on any atom is -0.397 e. The highest BCUT2D eigenvalue weighted by Gasteiger charge is 2.26. The van der Waals surface area contributed by atoms with Gasteiger partial charge in [-0.05, 0) is 31.0 Å². The highest BCUT2D eigenvalue weighted by molar-refractivity contribution is 6.16. The molecule has 1 aliphatic heterocycles. The van der Waals surface area contributed by atoms with Crippen LogP contribution >= 0.6 is 0 Å². The van der Waals surface area contributed by atoms with Gasteiger partial charge in [-0.25, -0.2) is 9.29 Å². The second-order valence-corrected chi connectivity index (χ2v) is 4.03. The molecule has 5 heteroatoms. The maximum Gasteiger partial charge on any atom is 0.233 e. The molecule has 0 radical (unpaired) electrons. The van der Waals surface area contributed by atoms with Crippen molar-refractivity contribution in [3.05, 3.63) is 24.0 Å². The van der Waals surface area contributed by atoms with Crippen molar-refractivity contribution < 1.29 is 14.0 Å². The molecule has 17 heavy (non-hydrogen) atoms. The van der Waals surface area contributed by atoms with Crippen LogP contribution in [0, 0.1) is 5.82 Å². The molecule has 2 N–H and O–H groups in total. The van der Waals surface area contributed by atoms with Crippen molar-refractivity contribution in [2.24, 2.45) is 0 Å². The zero-order valence-corrected chi connectivity index (χ0v) is 9.28. The summed E-state index contributed by atoms with van der Waals surface area (Å²) in [5.41, 5.74) is 6.03. The van der Waals surface area contributed by atoms with Crippen LogP contribution in [0.4, 0.5) is 15.8 Å². The summed E-state index contributed by atoms with van der Waals surface area (Å²) in [7, 11) is 0. The molecule has 0 atom stereocenters. The summed E-state index contributed by atoms with van der Waals surface area (Å²) >= 11 is 0. The fourth-order valence-corrected chi connectivity index (χ4v) is 1.91. The molecule has 2 rings (SSSR count). The van der Waals surface area contributed by atoms with Gasteiger partial charge in [0.15, 0.2) is 0 Å².